The van der Waals surface area contributed by atoms with Gasteiger partial charge < -0.3 is 10.2 Å². The predicted octanol–water partition coefficient (Wildman–Crippen LogP) is 7.39. The third kappa shape index (κ3) is 23.6. The summed E-state index contributed by atoms with van der Waals surface area (Å²) in [5.41, 5.74) is 0. The predicted molar refractivity (Wildman–Crippen MR) is 122 cm³/mol. The van der Waals surface area contributed by atoms with E-state index in [1.807, 2.05) is 0 Å². The average Bonchev–Trinajstić information content (AvgIpc) is 2.55. The van der Waals surface area contributed by atoms with Gasteiger partial charge in [0.15, 0.2) is 0 Å². The van der Waals surface area contributed by atoms with Crippen molar-refractivity contribution >= 4 is 0 Å². The first kappa shape index (κ1) is 28.9. The Bertz CT molecular complexity index is 289. The molecule has 0 saturated heterocycles. The van der Waals surface area contributed by atoms with Crippen LogP contribution >= 0.6 is 0 Å². The second-order valence-electron chi connectivity index (χ2n) is 9.62. The molecule has 0 aromatic rings. The first-order chi connectivity index (χ1) is 12.6. The molecule has 0 aromatic carbocycles. The molecule has 2 nitrogen and oxygen atoms in total. The first-order valence-electron chi connectivity index (χ1n) is 11.6. The summed E-state index contributed by atoms with van der Waals surface area (Å²) < 4.78 is 0. The lowest BCUT2D eigenvalue weighted by atomic mass is 9.91. The van der Waals surface area contributed by atoms with E-state index in [4.69, 9.17) is 10.2 Å². The lowest BCUT2D eigenvalue weighted by Crippen LogP contribution is -2.21. The zero-order chi connectivity index (χ0) is 21.2. The number of aliphatic hydroxyl groups excluding tert-OH is 2. The smallest absolute Gasteiger partial charge is 0.0830 e. The van der Waals surface area contributed by atoms with Crippen LogP contribution in [0.4, 0.5) is 0 Å². The van der Waals surface area contributed by atoms with E-state index < -0.39 is 12.2 Å². The number of hydrogen-bond acceptors (Lipinski definition) is 2. The molecular formula is C25H52O2. The summed E-state index contributed by atoms with van der Waals surface area (Å²) in [5.74, 6) is 3.66. The van der Waals surface area contributed by atoms with Crippen LogP contribution in [0.25, 0.3) is 0 Å². The molecule has 0 aliphatic carbocycles. The van der Waals surface area contributed by atoms with Gasteiger partial charge in [0.05, 0.1) is 12.2 Å². The fourth-order valence-corrected chi connectivity index (χ4v) is 3.22. The van der Waals surface area contributed by atoms with E-state index in [1.54, 1.807) is 13.0 Å². The highest BCUT2D eigenvalue weighted by molar-refractivity contribution is 4.74. The number of hydrogen-bond donors (Lipinski definition) is 2. The van der Waals surface area contributed by atoms with Crippen molar-refractivity contribution in [2.75, 3.05) is 0 Å². The number of rotatable bonds is 15. The summed E-state index contributed by atoms with van der Waals surface area (Å²) in [4.78, 5) is 0. The second kappa shape index (κ2) is 19.0. The van der Waals surface area contributed by atoms with E-state index >= 15 is 0 Å². The second-order valence-corrected chi connectivity index (χ2v) is 9.62. The molecule has 4 atom stereocenters. The first-order valence-corrected chi connectivity index (χ1v) is 11.6. The van der Waals surface area contributed by atoms with Crippen LogP contribution in [0, 0.1) is 23.7 Å². The summed E-state index contributed by atoms with van der Waals surface area (Å²) in [6.07, 6.45) is 13.7. The third-order valence-corrected chi connectivity index (χ3v) is 5.32. The molecule has 0 fully saturated rings. The molecule has 0 amide bonds. The van der Waals surface area contributed by atoms with Gasteiger partial charge in [-0.15, -0.1) is 6.58 Å². The minimum Gasteiger partial charge on any atom is -0.391 e. The summed E-state index contributed by atoms with van der Waals surface area (Å²) in [5, 5.41) is 17.5. The fraction of sp³-hybridized carbons (Fsp3) is 0.920. The lowest BCUT2D eigenvalue weighted by Gasteiger charge is -2.15. The van der Waals surface area contributed by atoms with E-state index in [0.29, 0.717) is 6.42 Å². The Morgan fingerprint density at radius 3 is 1.19 bits per heavy atom. The molecule has 0 saturated carbocycles. The Hall–Kier alpha value is -0.340. The molecule has 164 valence electrons. The van der Waals surface area contributed by atoms with Crippen molar-refractivity contribution in [2.24, 2.45) is 23.7 Å². The molecular weight excluding hydrogens is 332 g/mol. The van der Waals surface area contributed by atoms with Gasteiger partial charge in [-0.2, -0.15) is 0 Å². The quantitative estimate of drug-likeness (QED) is 0.289. The van der Waals surface area contributed by atoms with Gasteiger partial charge in [0.1, 0.15) is 0 Å². The molecule has 0 rings (SSSR count). The van der Waals surface area contributed by atoms with E-state index in [1.165, 1.54) is 57.8 Å². The summed E-state index contributed by atoms with van der Waals surface area (Å²) in [6, 6.07) is 0. The third-order valence-electron chi connectivity index (χ3n) is 5.32. The van der Waals surface area contributed by atoms with Crippen LogP contribution < -0.4 is 0 Å². The van der Waals surface area contributed by atoms with Gasteiger partial charge in [-0.05, 0) is 37.0 Å². The molecule has 2 N–H and O–H groups in total. The van der Waals surface area contributed by atoms with Gasteiger partial charge in [-0.1, -0.05) is 105 Å². The maximum atomic E-state index is 8.81. The molecule has 0 bridgehead atoms. The van der Waals surface area contributed by atoms with E-state index in [2.05, 4.69) is 48.1 Å². The highest BCUT2D eigenvalue weighted by atomic mass is 16.3. The largest absolute Gasteiger partial charge is 0.391 e. The van der Waals surface area contributed by atoms with Crippen LogP contribution in [0.5, 0.6) is 0 Å². The summed E-state index contributed by atoms with van der Waals surface area (Å²) in [7, 11) is 0. The van der Waals surface area contributed by atoms with Gasteiger partial charge >= 0.3 is 0 Å². The van der Waals surface area contributed by atoms with Crippen LogP contribution in [0.15, 0.2) is 12.7 Å². The molecule has 0 radical (unpaired) electrons. The molecule has 4 unspecified atom stereocenters. The average molecular weight is 385 g/mol. The molecule has 0 heterocycles. The topological polar surface area (TPSA) is 40.5 Å². The zero-order valence-electron chi connectivity index (χ0n) is 19.7. The van der Waals surface area contributed by atoms with Gasteiger partial charge in [-0.25, -0.2) is 0 Å². The van der Waals surface area contributed by atoms with E-state index in [9.17, 15) is 0 Å². The van der Waals surface area contributed by atoms with Crippen LogP contribution in [0.2, 0.25) is 0 Å². The fourth-order valence-electron chi connectivity index (χ4n) is 3.22. The highest BCUT2D eigenvalue weighted by Gasteiger charge is 2.07. The van der Waals surface area contributed by atoms with Crippen molar-refractivity contribution in [1.82, 2.24) is 0 Å². The van der Waals surface area contributed by atoms with Crippen LogP contribution in [0.3, 0.4) is 0 Å². The minimum atomic E-state index is -0.646. The van der Waals surface area contributed by atoms with Gasteiger partial charge in [0, 0.05) is 0 Å². The van der Waals surface area contributed by atoms with Crippen molar-refractivity contribution in [3.63, 3.8) is 0 Å². The summed E-state index contributed by atoms with van der Waals surface area (Å²) in [6.45, 7) is 19.2. The maximum absolute atomic E-state index is 8.81. The lowest BCUT2D eigenvalue weighted by molar-refractivity contribution is 0.0337. The highest BCUT2D eigenvalue weighted by Crippen LogP contribution is 2.21. The Morgan fingerprint density at radius 2 is 0.963 bits per heavy atom. The van der Waals surface area contributed by atoms with E-state index in [-0.39, 0.29) is 0 Å². The Balaban J connectivity index is 0. The molecule has 27 heavy (non-hydrogen) atoms. The molecule has 0 aliphatic rings. The molecule has 0 spiro atoms. The monoisotopic (exact) mass is 384 g/mol. The minimum absolute atomic E-state index is 0.456. The molecule has 0 aromatic heterocycles. The normalized spacial score (nSPS) is 15.8. The van der Waals surface area contributed by atoms with Gasteiger partial charge in [0.2, 0.25) is 0 Å². The van der Waals surface area contributed by atoms with Crippen LogP contribution in [-0.2, 0) is 0 Å². The SMILES string of the molecule is C=CCC(O)C(C)O.CC(C)CCCC(C)CCCC(C)CCCC(C)C. The van der Waals surface area contributed by atoms with E-state index in [0.717, 1.165) is 23.7 Å². The Labute approximate surface area is 171 Å². The van der Waals surface area contributed by atoms with Crippen LogP contribution in [-0.4, -0.2) is 22.4 Å². The maximum Gasteiger partial charge on any atom is 0.0830 e. The molecule has 2 heteroatoms. The summed E-state index contributed by atoms with van der Waals surface area (Å²) >= 11 is 0. The van der Waals surface area contributed by atoms with Crippen molar-refractivity contribution in [3.8, 4) is 0 Å². The van der Waals surface area contributed by atoms with Gasteiger partial charge in [0.25, 0.3) is 0 Å². The van der Waals surface area contributed by atoms with Crippen molar-refractivity contribution in [1.29, 1.82) is 0 Å². The Morgan fingerprint density at radius 1 is 0.630 bits per heavy atom. The Kier molecular flexibility index (Phi) is 20.3. The zero-order valence-corrected chi connectivity index (χ0v) is 19.7. The standard InChI is InChI=1S/C19H40.C6H12O2/c1-16(2)10-7-12-18(5)14-9-15-19(6)13-8-11-17(3)4;1-3-4-6(8)5(2)7/h16-19H,7-15H2,1-6H3;3,5-8H,1,4H2,2H3. The van der Waals surface area contributed by atoms with Crippen molar-refractivity contribution in [2.45, 2.75) is 125 Å². The van der Waals surface area contributed by atoms with Crippen LogP contribution in [0.1, 0.15) is 113 Å². The van der Waals surface area contributed by atoms with Gasteiger partial charge in [-0.3, -0.25) is 0 Å². The van der Waals surface area contributed by atoms with Crippen molar-refractivity contribution in [3.05, 3.63) is 12.7 Å². The van der Waals surface area contributed by atoms with Crippen molar-refractivity contribution < 1.29 is 10.2 Å². The molecule has 0 aliphatic heterocycles. The number of aliphatic hydroxyl groups is 2.